The van der Waals surface area contributed by atoms with E-state index in [-0.39, 0.29) is 12.7 Å². The molecule has 0 radical (unpaired) electrons. The van der Waals surface area contributed by atoms with Gasteiger partial charge in [-0.05, 0) is 25.0 Å². The van der Waals surface area contributed by atoms with Crippen molar-refractivity contribution in [3.8, 4) is 11.5 Å². The van der Waals surface area contributed by atoms with Crippen molar-refractivity contribution in [1.82, 2.24) is 4.31 Å². The number of fused-ring (bicyclic) bond motifs is 1. The summed E-state index contributed by atoms with van der Waals surface area (Å²) in [6.07, 6.45) is 3.29. The quantitative estimate of drug-likeness (QED) is 0.901. The number of piperidine rings is 1. The van der Waals surface area contributed by atoms with Crippen LogP contribution in [0, 0.1) is 0 Å². The number of amides is 1. The molecule has 1 unspecified atom stereocenters. The molecule has 22 heavy (non-hydrogen) atoms. The molecule has 1 amide bonds. The number of hydrogen-bond acceptors (Lipinski definition) is 5. The average Bonchev–Trinajstić information content (AvgIpc) is 2.94. The molecule has 0 spiro atoms. The van der Waals surface area contributed by atoms with Gasteiger partial charge < -0.3 is 14.8 Å². The van der Waals surface area contributed by atoms with Crippen molar-refractivity contribution in [2.75, 3.05) is 24.9 Å². The Morgan fingerprint density at radius 3 is 2.82 bits per heavy atom. The van der Waals surface area contributed by atoms with E-state index in [1.165, 1.54) is 4.31 Å². The first-order chi connectivity index (χ1) is 10.4. The summed E-state index contributed by atoms with van der Waals surface area (Å²) >= 11 is 0. The van der Waals surface area contributed by atoms with Crippen LogP contribution < -0.4 is 14.8 Å². The first kappa shape index (κ1) is 15.1. The number of sulfonamides is 1. The number of rotatable bonds is 3. The van der Waals surface area contributed by atoms with Crippen molar-refractivity contribution >= 4 is 21.6 Å². The van der Waals surface area contributed by atoms with Crippen LogP contribution in [0.25, 0.3) is 0 Å². The lowest BCUT2D eigenvalue weighted by atomic mass is 10.0. The second-order valence-corrected chi connectivity index (χ2v) is 7.38. The van der Waals surface area contributed by atoms with Crippen molar-refractivity contribution in [1.29, 1.82) is 0 Å². The van der Waals surface area contributed by atoms with Crippen molar-refractivity contribution in [3.63, 3.8) is 0 Å². The minimum atomic E-state index is -3.39. The van der Waals surface area contributed by atoms with Crippen molar-refractivity contribution in [2.24, 2.45) is 0 Å². The Hall–Kier alpha value is -1.80. The highest BCUT2D eigenvalue weighted by Gasteiger charge is 2.34. The van der Waals surface area contributed by atoms with Gasteiger partial charge in [-0.1, -0.05) is 6.42 Å². The molecular weight excluding hydrogens is 308 g/mol. The molecule has 1 saturated heterocycles. The highest BCUT2D eigenvalue weighted by Crippen LogP contribution is 2.34. The lowest BCUT2D eigenvalue weighted by molar-refractivity contribution is -0.120. The third-order valence-electron chi connectivity index (χ3n) is 3.82. The number of ether oxygens (including phenoxy) is 2. The van der Waals surface area contributed by atoms with Crippen LogP contribution in [0.3, 0.4) is 0 Å². The summed E-state index contributed by atoms with van der Waals surface area (Å²) in [4.78, 5) is 12.4. The summed E-state index contributed by atoms with van der Waals surface area (Å²) < 4.78 is 35.4. The molecule has 1 aromatic rings. The molecule has 1 fully saturated rings. The third kappa shape index (κ3) is 3.02. The van der Waals surface area contributed by atoms with Gasteiger partial charge in [0.25, 0.3) is 0 Å². The van der Waals surface area contributed by atoms with Crippen molar-refractivity contribution in [3.05, 3.63) is 18.2 Å². The fourth-order valence-corrected chi connectivity index (χ4v) is 3.89. The standard InChI is InChI=1S/C14H18N2O5S/c1-22(18,19)16-7-3-2-4-11(16)14(17)15-10-5-6-12-13(8-10)21-9-20-12/h5-6,8,11H,2-4,7,9H2,1H3,(H,15,17). The van der Waals surface area contributed by atoms with Crippen LogP contribution in [0.2, 0.25) is 0 Å². The van der Waals surface area contributed by atoms with Gasteiger partial charge in [0, 0.05) is 18.3 Å². The average molecular weight is 326 g/mol. The van der Waals surface area contributed by atoms with Crippen LogP contribution >= 0.6 is 0 Å². The van der Waals surface area contributed by atoms with E-state index < -0.39 is 16.1 Å². The van der Waals surface area contributed by atoms with Crippen LogP contribution in [0.5, 0.6) is 11.5 Å². The van der Waals surface area contributed by atoms with Crippen LogP contribution in [0.1, 0.15) is 19.3 Å². The highest BCUT2D eigenvalue weighted by atomic mass is 32.2. The maximum Gasteiger partial charge on any atom is 0.242 e. The topological polar surface area (TPSA) is 84.9 Å². The Labute approximate surface area is 129 Å². The minimum absolute atomic E-state index is 0.164. The molecule has 7 nitrogen and oxygen atoms in total. The van der Waals surface area contributed by atoms with E-state index in [2.05, 4.69) is 5.32 Å². The van der Waals surface area contributed by atoms with E-state index in [0.717, 1.165) is 19.1 Å². The molecule has 1 atom stereocenters. The van der Waals surface area contributed by atoms with Gasteiger partial charge in [0.15, 0.2) is 11.5 Å². The van der Waals surface area contributed by atoms with Gasteiger partial charge >= 0.3 is 0 Å². The molecule has 0 saturated carbocycles. The Balaban J connectivity index is 1.75. The van der Waals surface area contributed by atoms with Gasteiger partial charge in [-0.2, -0.15) is 4.31 Å². The molecular formula is C14H18N2O5S. The second kappa shape index (κ2) is 5.77. The third-order valence-corrected chi connectivity index (χ3v) is 5.11. The number of carbonyl (C=O) groups excluding carboxylic acids is 1. The smallest absolute Gasteiger partial charge is 0.242 e. The summed E-state index contributed by atoms with van der Waals surface area (Å²) in [5.41, 5.74) is 0.563. The van der Waals surface area contributed by atoms with Gasteiger partial charge in [-0.15, -0.1) is 0 Å². The Bertz CT molecular complexity index is 688. The van der Waals surface area contributed by atoms with Gasteiger partial charge in [0.2, 0.25) is 22.7 Å². The van der Waals surface area contributed by atoms with Crippen LogP contribution in [0.4, 0.5) is 5.69 Å². The predicted octanol–water partition coefficient (Wildman–Crippen LogP) is 1.17. The Morgan fingerprint density at radius 2 is 2.05 bits per heavy atom. The van der Waals surface area contributed by atoms with E-state index in [1.807, 2.05) is 0 Å². The zero-order chi connectivity index (χ0) is 15.7. The van der Waals surface area contributed by atoms with E-state index in [9.17, 15) is 13.2 Å². The number of carbonyl (C=O) groups is 1. The van der Waals surface area contributed by atoms with E-state index in [1.54, 1.807) is 18.2 Å². The molecule has 0 bridgehead atoms. The SMILES string of the molecule is CS(=O)(=O)N1CCCCC1C(=O)Nc1ccc2c(c1)OCO2. The maximum atomic E-state index is 12.4. The van der Waals surface area contributed by atoms with Crippen molar-refractivity contribution in [2.45, 2.75) is 25.3 Å². The lowest BCUT2D eigenvalue weighted by Crippen LogP contribution is -2.49. The molecule has 1 aromatic carbocycles. The molecule has 0 aliphatic carbocycles. The van der Waals surface area contributed by atoms with Crippen LogP contribution in [-0.4, -0.2) is 44.3 Å². The number of nitrogens with zero attached hydrogens (tertiary/aromatic N) is 1. The Kier molecular flexibility index (Phi) is 3.96. The highest BCUT2D eigenvalue weighted by molar-refractivity contribution is 7.88. The van der Waals surface area contributed by atoms with E-state index in [4.69, 9.17) is 9.47 Å². The summed E-state index contributed by atoms with van der Waals surface area (Å²) in [6.45, 7) is 0.551. The fourth-order valence-electron chi connectivity index (χ4n) is 2.76. The zero-order valence-corrected chi connectivity index (χ0v) is 13.1. The summed E-state index contributed by atoms with van der Waals surface area (Å²) in [5.74, 6) is 0.888. The molecule has 8 heteroatoms. The van der Waals surface area contributed by atoms with Crippen LogP contribution in [-0.2, 0) is 14.8 Å². The predicted molar refractivity (Wildman–Crippen MR) is 80.4 cm³/mol. The summed E-state index contributed by atoms with van der Waals surface area (Å²) in [7, 11) is -3.39. The fraction of sp³-hybridized carbons (Fsp3) is 0.500. The van der Waals surface area contributed by atoms with Gasteiger partial charge in [-0.3, -0.25) is 4.79 Å². The number of benzene rings is 1. The molecule has 120 valence electrons. The largest absolute Gasteiger partial charge is 0.454 e. The summed E-state index contributed by atoms with van der Waals surface area (Å²) in [6, 6.07) is 4.44. The molecule has 2 aliphatic rings. The first-order valence-corrected chi connectivity index (χ1v) is 8.97. The van der Waals surface area contributed by atoms with E-state index in [0.29, 0.717) is 30.2 Å². The number of nitrogens with one attached hydrogen (secondary N) is 1. The van der Waals surface area contributed by atoms with Crippen LogP contribution in [0.15, 0.2) is 18.2 Å². The zero-order valence-electron chi connectivity index (χ0n) is 12.2. The van der Waals surface area contributed by atoms with Gasteiger partial charge in [0.1, 0.15) is 6.04 Å². The molecule has 2 aliphatic heterocycles. The molecule has 2 heterocycles. The van der Waals surface area contributed by atoms with E-state index >= 15 is 0 Å². The monoisotopic (exact) mass is 326 g/mol. The summed E-state index contributed by atoms with van der Waals surface area (Å²) in [5, 5.41) is 2.76. The van der Waals surface area contributed by atoms with Gasteiger partial charge in [0.05, 0.1) is 6.26 Å². The lowest BCUT2D eigenvalue weighted by Gasteiger charge is -2.32. The van der Waals surface area contributed by atoms with Crippen molar-refractivity contribution < 1.29 is 22.7 Å². The number of hydrogen-bond donors (Lipinski definition) is 1. The molecule has 3 rings (SSSR count). The minimum Gasteiger partial charge on any atom is -0.454 e. The normalized spacial score (nSPS) is 21.6. The first-order valence-electron chi connectivity index (χ1n) is 7.12. The molecule has 0 aromatic heterocycles. The Morgan fingerprint density at radius 1 is 1.27 bits per heavy atom. The second-order valence-electron chi connectivity index (χ2n) is 5.44. The van der Waals surface area contributed by atoms with Gasteiger partial charge in [-0.25, -0.2) is 8.42 Å². The maximum absolute atomic E-state index is 12.4. The molecule has 1 N–H and O–H groups in total. The number of anilines is 1.